The van der Waals surface area contributed by atoms with Gasteiger partial charge in [0, 0.05) is 17.5 Å². The molecule has 0 aromatic heterocycles. The van der Waals surface area contributed by atoms with Crippen molar-refractivity contribution in [2.24, 2.45) is 5.73 Å². The van der Waals surface area contributed by atoms with Crippen molar-refractivity contribution >= 4 is 14.5 Å². The standard InChI is InChI=1S/C15H16NOP/c16-12-9-17-13-7-3-1-5-10(13)15(12)11-6-2-4-8-14(11)18/h1-8,12,15H,9,16,18H2/t12-,15-/m1/s1. The molecular formula is C15H16NOP. The van der Waals surface area contributed by atoms with Crippen LogP contribution in [0, 0.1) is 0 Å². The Balaban J connectivity index is 2.14. The molecule has 0 spiro atoms. The molecule has 3 heteroatoms. The Labute approximate surface area is 109 Å². The molecule has 2 N–H and O–H groups in total. The van der Waals surface area contributed by atoms with Gasteiger partial charge in [0.25, 0.3) is 0 Å². The maximum absolute atomic E-state index is 6.26. The Morgan fingerprint density at radius 2 is 1.67 bits per heavy atom. The Morgan fingerprint density at radius 3 is 2.44 bits per heavy atom. The second-order valence-electron chi connectivity index (χ2n) is 4.62. The quantitative estimate of drug-likeness (QED) is 0.793. The third-order valence-corrected chi connectivity index (χ3v) is 3.97. The van der Waals surface area contributed by atoms with Crippen LogP contribution in [0.4, 0.5) is 0 Å². The summed E-state index contributed by atoms with van der Waals surface area (Å²) in [6.45, 7) is 0.570. The first kappa shape index (κ1) is 11.7. The fourth-order valence-corrected chi connectivity index (χ4v) is 2.96. The lowest BCUT2D eigenvalue weighted by molar-refractivity contribution is 0.250. The fourth-order valence-electron chi connectivity index (χ4n) is 2.57. The molecule has 0 bridgehead atoms. The first-order chi connectivity index (χ1) is 8.77. The number of benzene rings is 2. The van der Waals surface area contributed by atoms with Gasteiger partial charge in [-0.3, -0.25) is 0 Å². The van der Waals surface area contributed by atoms with Crippen LogP contribution in [0.2, 0.25) is 0 Å². The molecule has 3 rings (SSSR count). The van der Waals surface area contributed by atoms with Gasteiger partial charge >= 0.3 is 0 Å². The van der Waals surface area contributed by atoms with Gasteiger partial charge in [-0.05, 0) is 16.9 Å². The van der Waals surface area contributed by atoms with Gasteiger partial charge in [0.2, 0.25) is 0 Å². The van der Waals surface area contributed by atoms with Crippen LogP contribution in [0.5, 0.6) is 5.75 Å². The summed E-state index contributed by atoms with van der Waals surface area (Å²) in [6.07, 6.45) is 0. The van der Waals surface area contributed by atoms with Crippen LogP contribution >= 0.6 is 9.24 Å². The average Bonchev–Trinajstić information content (AvgIpc) is 2.40. The van der Waals surface area contributed by atoms with E-state index in [1.807, 2.05) is 24.3 Å². The Hall–Kier alpha value is -1.37. The fraction of sp³-hybridized carbons (Fsp3) is 0.200. The summed E-state index contributed by atoms with van der Waals surface area (Å²) in [7, 11) is 2.79. The first-order valence-corrected chi connectivity index (χ1v) is 6.67. The zero-order chi connectivity index (χ0) is 12.5. The summed E-state index contributed by atoms with van der Waals surface area (Å²) in [6, 6.07) is 16.5. The minimum Gasteiger partial charge on any atom is -0.492 e. The largest absolute Gasteiger partial charge is 0.492 e. The molecule has 3 atom stereocenters. The molecule has 2 aromatic carbocycles. The van der Waals surface area contributed by atoms with Crippen LogP contribution in [0.25, 0.3) is 0 Å². The highest BCUT2D eigenvalue weighted by Crippen LogP contribution is 2.37. The number of hydrogen-bond donors (Lipinski definition) is 1. The van der Waals surface area contributed by atoms with Gasteiger partial charge in [-0.25, -0.2) is 0 Å². The molecule has 1 aliphatic heterocycles. The highest BCUT2D eigenvalue weighted by Gasteiger charge is 2.30. The molecule has 2 aromatic rings. The van der Waals surface area contributed by atoms with Crippen molar-refractivity contribution in [1.82, 2.24) is 0 Å². The normalized spacial score (nSPS) is 22.1. The topological polar surface area (TPSA) is 35.2 Å². The van der Waals surface area contributed by atoms with E-state index in [0.717, 1.165) is 5.75 Å². The van der Waals surface area contributed by atoms with Crippen LogP contribution in [0.15, 0.2) is 48.5 Å². The molecule has 2 nitrogen and oxygen atoms in total. The van der Waals surface area contributed by atoms with Crippen molar-refractivity contribution in [2.75, 3.05) is 6.61 Å². The number of para-hydroxylation sites is 1. The van der Waals surface area contributed by atoms with E-state index in [0.29, 0.717) is 6.61 Å². The first-order valence-electron chi connectivity index (χ1n) is 6.09. The van der Waals surface area contributed by atoms with Crippen molar-refractivity contribution in [3.63, 3.8) is 0 Å². The van der Waals surface area contributed by atoms with Gasteiger partial charge in [-0.2, -0.15) is 0 Å². The second-order valence-corrected chi connectivity index (χ2v) is 5.24. The summed E-state index contributed by atoms with van der Waals surface area (Å²) in [5.41, 5.74) is 8.72. The number of hydrogen-bond acceptors (Lipinski definition) is 2. The predicted octanol–water partition coefficient (Wildman–Crippen LogP) is 2.04. The zero-order valence-electron chi connectivity index (χ0n) is 10.0. The number of rotatable bonds is 1. The minimum absolute atomic E-state index is 0.00148. The summed E-state index contributed by atoms with van der Waals surface area (Å²) in [4.78, 5) is 0. The van der Waals surface area contributed by atoms with Crippen molar-refractivity contribution in [3.05, 3.63) is 59.7 Å². The van der Waals surface area contributed by atoms with E-state index in [9.17, 15) is 0 Å². The van der Waals surface area contributed by atoms with Crippen molar-refractivity contribution in [1.29, 1.82) is 0 Å². The average molecular weight is 257 g/mol. The van der Waals surface area contributed by atoms with Crippen LogP contribution < -0.4 is 15.8 Å². The van der Waals surface area contributed by atoms with Crippen LogP contribution in [0.3, 0.4) is 0 Å². The minimum atomic E-state index is 0.00148. The molecule has 0 fully saturated rings. The van der Waals surface area contributed by atoms with E-state index in [1.54, 1.807) is 0 Å². The van der Waals surface area contributed by atoms with E-state index < -0.39 is 0 Å². The van der Waals surface area contributed by atoms with E-state index in [1.165, 1.54) is 16.4 Å². The molecule has 1 aliphatic rings. The van der Waals surface area contributed by atoms with Crippen LogP contribution in [0.1, 0.15) is 17.0 Å². The second kappa shape index (κ2) is 4.72. The summed E-state index contributed by atoms with van der Waals surface area (Å²) < 4.78 is 5.70. The van der Waals surface area contributed by atoms with Gasteiger partial charge < -0.3 is 10.5 Å². The molecule has 1 unspecified atom stereocenters. The molecule has 1 heterocycles. The smallest absolute Gasteiger partial charge is 0.123 e. The monoisotopic (exact) mass is 257 g/mol. The van der Waals surface area contributed by atoms with Gasteiger partial charge in [-0.1, -0.05) is 42.5 Å². The summed E-state index contributed by atoms with van der Waals surface area (Å²) >= 11 is 0. The SMILES string of the molecule is N[C@@H]1COc2ccccc2[C@@H]1c1ccccc1P. The molecule has 92 valence electrons. The van der Waals surface area contributed by atoms with Gasteiger partial charge in [-0.15, -0.1) is 9.24 Å². The van der Waals surface area contributed by atoms with Gasteiger partial charge in [0.05, 0.1) is 0 Å². The zero-order valence-corrected chi connectivity index (χ0v) is 11.2. The maximum Gasteiger partial charge on any atom is 0.123 e. The van der Waals surface area contributed by atoms with E-state index in [2.05, 4.69) is 33.5 Å². The number of fused-ring (bicyclic) bond motifs is 1. The molecule has 0 aliphatic carbocycles. The molecule has 0 amide bonds. The lowest BCUT2D eigenvalue weighted by Crippen LogP contribution is -2.39. The van der Waals surface area contributed by atoms with Crippen LogP contribution in [-0.2, 0) is 0 Å². The van der Waals surface area contributed by atoms with E-state index >= 15 is 0 Å². The number of ether oxygens (including phenoxy) is 1. The van der Waals surface area contributed by atoms with E-state index in [-0.39, 0.29) is 12.0 Å². The van der Waals surface area contributed by atoms with Crippen molar-refractivity contribution < 1.29 is 4.74 Å². The molecule has 0 saturated heterocycles. The highest BCUT2D eigenvalue weighted by molar-refractivity contribution is 7.27. The molecule has 18 heavy (non-hydrogen) atoms. The Morgan fingerprint density at radius 1 is 1.00 bits per heavy atom. The van der Waals surface area contributed by atoms with Gasteiger partial charge in [0.15, 0.2) is 0 Å². The Kier molecular flexibility index (Phi) is 3.07. The third kappa shape index (κ3) is 1.92. The van der Waals surface area contributed by atoms with Crippen molar-refractivity contribution in [3.8, 4) is 5.75 Å². The summed E-state index contributed by atoms with van der Waals surface area (Å²) in [5, 5.41) is 1.20. The summed E-state index contributed by atoms with van der Waals surface area (Å²) in [5.74, 6) is 1.17. The molecule has 0 saturated carbocycles. The van der Waals surface area contributed by atoms with E-state index in [4.69, 9.17) is 10.5 Å². The number of nitrogens with two attached hydrogens (primary N) is 1. The molecule has 0 radical (unpaired) electrons. The predicted molar refractivity (Wildman–Crippen MR) is 77.5 cm³/mol. The maximum atomic E-state index is 6.26. The van der Waals surface area contributed by atoms with Gasteiger partial charge in [0.1, 0.15) is 12.4 Å². The van der Waals surface area contributed by atoms with Crippen LogP contribution in [-0.4, -0.2) is 12.6 Å². The van der Waals surface area contributed by atoms with Crippen molar-refractivity contribution in [2.45, 2.75) is 12.0 Å². The molecular weight excluding hydrogens is 241 g/mol. The highest BCUT2D eigenvalue weighted by atomic mass is 31.0. The lowest BCUT2D eigenvalue weighted by Gasteiger charge is -2.32. The lowest BCUT2D eigenvalue weighted by atomic mass is 9.83. The third-order valence-electron chi connectivity index (χ3n) is 3.44. The Bertz CT molecular complexity index is 570.